The molecule has 3 rings (SSSR count). The predicted octanol–water partition coefficient (Wildman–Crippen LogP) is 5.12. The van der Waals surface area contributed by atoms with Crippen LogP contribution in [0.1, 0.15) is 5.56 Å². The SMILES string of the molecule is Clc1cccc(OCc2cc3ccccc3nc2Cl)c1. The number of ether oxygens (including phenoxy) is 1. The average molecular weight is 304 g/mol. The number of aromatic nitrogens is 1. The van der Waals surface area contributed by atoms with Crippen molar-refractivity contribution in [2.75, 3.05) is 0 Å². The molecule has 0 aliphatic rings. The van der Waals surface area contributed by atoms with Crippen molar-refractivity contribution in [3.63, 3.8) is 0 Å². The second kappa shape index (κ2) is 5.70. The first-order valence-electron chi connectivity index (χ1n) is 6.15. The third-order valence-electron chi connectivity index (χ3n) is 2.94. The molecule has 0 N–H and O–H groups in total. The Balaban J connectivity index is 1.85. The molecule has 0 fully saturated rings. The van der Waals surface area contributed by atoms with Gasteiger partial charge in [0.2, 0.25) is 0 Å². The van der Waals surface area contributed by atoms with E-state index in [1.54, 1.807) is 12.1 Å². The lowest BCUT2D eigenvalue weighted by molar-refractivity contribution is 0.306. The van der Waals surface area contributed by atoms with Crippen molar-refractivity contribution < 1.29 is 4.74 Å². The van der Waals surface area contributed by atoms with E-state index >= 15 is 0 Å². The van der Waals surface area contributed by atoms with Crippen LogP contribution < -0.4 is 4.74 Å². The van der Waals surface area contributed by atoms with Gasteiger partial charge < -0.3 is 4.74 Å². The zero-order valence-corrected chi connectivity index (χ0v) is 12.0. The van der Waals surface area contributed by atoms with Crippen molar-refractivity contribution in [1.82, 2.24) is 4.98 Å². The van der Waals surface area contributed by atoms with Crippen LogP contribution in [0, 0.1) is 0 Å². The summed E-state index contributed by atoms with van der Waals surface area (Å²) in [5.41, 5.74) is 1.73. The maximum absolute atomic E-state index is 6.18. The summed E-state index contributed by atoms with van der Waals surface area (Å²) < 4.78 is 5.69. The number of hydrogen-bond donors (Lipinski definition) is 0. The van der Waals surface area contributed by atoms with Gasteiger partial charge in [-0.3, -0.25) is 0 Å². The Hall–Kier alpha value is -1.77. The van der Waals surface area contributed by atoms with E-state index in [2.05, 4.69) is 4.98 Å². The summed E-state index contributed by atoms with van der Waals surface area (Å²) in [7, 11) is 0. The Labute approximate surface area is 126 Å². The molecule has 0 saturated heterocycles. The van der Waals surface area contributed by atoms with Gasteiger partial charge in [-0.2, -0.15) is 0 Å². The summed E-state index contributed by atoms with van der Waals surface area (Å²) in [5.74, 6) is 0.710. The van der Waals surface area contributed by atoms with Crippen LogP contribution in [0.5, 0.6) is 5.75 Å². The Kier molecular flexibility index (Phi) is 3.77. The van der Waals surface area contributed by atoms with E-state index in [0.717, 1.165) is 16.5 Å². The molecule has 0 spiro atoms. The molecule has 100 valence electrons. The second-order valence-corrected chi connectivity index (χ2v) is 5.17. The maximum Gasteiger partial charge on any atom is 0.136 e. The molecule has 0 radical (unpaired) electrons. The van der Waals surface area contributed by atoms with Crippen LogP contribution in [0.2, 0.25) is 10.2 Å². The van der Waals surface area contributed by atoms with E-state index < -0.39 is 0 Å². The second-order valence-electron chi connectivity index (χ2n) is 4.38. The molecule has 0 unspecified atom stereocenters. The molecular weight excluding hydrogens is 293 g/mol. The largest absolute Gasteiger partial charge is 0.489 e. The normalized spacial score (nSPS) is 10.7. The fraction of sp³-hybridized carbons (Fsp3) is 0.0625. The van der Waals surface area contributed by atoms with Crippen molar-refractivity contribution in [2.24, 2.45) is 0 Å². The molecule has 0 amide bonds. The molecule has 0 atom stereocenters. The standard InChI is InChI=1S/C16H11Cl2NO/c17-13-5-3-6-14(9-13)20-10-12-8-11-4-1-2-7-15(11)19-16(12)18/h1-9H,10H2. The zero-order chi connectivity index (χ0) is 13.9. The molecule has 2 nitrogen and oxygen atoms in total. The number of halogens is 2. The summed E-state index contributed by atoms with van der Waals surface area (Å²) in [5, 5.41) is 2.15. The highest BCUT2D eigenvalue weighted by Gasteiger charge is 2.06. The van der Waals surface area contributed by atoms with Gasteiger partial charge in [0, 0.05) is 16.0 Å². The van der Waals surface area contributed by atoms with Gasteiger partial charge >= 0.3 is 0 Å². The van der Waals surface area contributed by atoms with Gasteiger partial charge in [0.05, 0.1) is 5.52 Å². The van der Waals surface area contributed by atoms with Crippen LogP contribution in [0.3, 0.4) is 0 Å². The molecule has 4 heteroatoms. The fourth-order valence-corrected chi connectivity index (χ4v) is 2.34. The lowest BCUT2D eigenvalue weighted by Crippen LogP contribution is -1.98. The van der Waals surface area contributed by atoms with Crippen LogP contribution in [0.15, 0.2) is 54.6 Å². The van der Waals surface area contributed by atoms with Gasteiger partial charge in [-0.25, -0.2) is 4.98 Å². The smallest absolute Gasteiger partial charge is 0.136 e. The first kappa shape index (κ1) is 13.2. The van der Waals surface area contributed by atoms with Crippen LogP contribution in [0.4, 0.5) is 0 Å². The minimum Gasteiger partial charge on any atom is -0.489 e. The maximum atomic E-state index is 6.18. The van der Waals surface area contributed by atoms with Gasteiger partial charge in [0.25, 0.3) is 0 Å². The van der Waals surface area contributed by atoms with Crippen LogP contribution >= 0.6 is 23.2 Å². The van der Waals surface area contributed by atoms with Gasteiger partial charge in [-0.1, -0.05) is 47.5 Å². The summed E-state index contributed by atoms with van der Waals surface area (Å²) in [4.78, 5) is 4.36. The molecule has 0 saturated carbocycles. The lowest BCUT2D eigenvalue weighted by Gasteiger charge is -2.09. The number of pyridine rings is 1. The minimum atomic E-state index is 0.358. The van der Waals surface area contributed by atoms with E-state index in [1.807, 2.05) is 42.5 Å². The van der Waals surface area contributed by atoms with Crippen LogP contribution in [-0.2, 0) is 6.61 Å². The molecule has 0 bridgehead atoms. The molecule has 1 heterocycles. The van der Waals surface area contributed by atoms with Gasteiger partial charge in [-0.15, -0.1) is 0 Å². The third kappa shape index (κ3) is 2.87. The number of nitrogens with zero attached hydrogens (tertiary/aromatic N) is 1. The third-order valence-corrected chi connectivity index (χ3v) is 3.50. The molecule has 1 aromatic heterocycles. The average Bonchev–Trinajstić information content (AvgIpc) is 2.45. The Morgan fingerprint density at radius 2 is 1.80 bits per heavy atom. The minimum absolute atomic E-state index is 0.358. The van der Waals surface area contributed by atoms with E-state index in [4.69, 9.17) is 27.9 Å². The van der Waals surface area contributed by atoms with Crippen molar-refractivity contribution in [3.8, 4) is 5.75 Å². The fourth-order valence-electron chi connectivity index (χ4n) is 1.96. The zero-order valence-electron chi connectivity index (χ0n) is 10.5. The summed E-state index contributed by atoms with van der Waals surface area (Å²) in [6, 6.07) is 17.1. The van der Waals surface area contributed by atoms with Gasteiger partial charge in [-0.05, 0) is 30.3 Å². The van der Waals surface area contributed by atoms with Crippen molar-refractivity contribution >= 4 is 34.1 Å². The van der Waals surface area contributed by atoms with Crippen LogP contribution in [0.25, 0.3) is 10.9 Å². The number of hydrogen-bond acceptors (Lipinski definition) is 2. The van der Waals surface area contributed by atoms with Crippen molar-refractivity contribution in [3.05, 3.63) is 70.3 Å². The Morgan fingerprint density at radius 1 is 0.950 bits per heavy atom. The Bertz CT molecular complexity index is 758. The first-order chi connectivity index (χ1) is 9.72. The van der Waals surface area contributed by atoms with Crippen molar-refractivity contribution in [2.45, 2.75) is 6.61 Å². The molecule has 20 heavy (non-hydrogen) atoms. The highest BCUT2D eigenvalue weighted by molar-refractivity contribution is 6.31. The van der Waals surface area contributed by atoms with E-state index in [0.29, 0.717) is 22.5 Å². The summed E-state index contributed by atoms with van der Waals surface area (Å²) in [6.07, 6.45) is 0. The van der Waals surface area contributed by atoms with Gasteiger partial charge in [0.15, 0.2) is 0 Å². The monoisotopic (exact) mass is 303 g/mol. The van der Waals surface area contributed by atoms with Gasteiger partial charge in [0.1, 0.15) is 17.5 Å². The number of para-hydroxylation sites is 1. The van der Waals surface area contributed by atoms with E-state index in [9.17, 15) is 0 Å². The molecule has 2 aromatic carbocycles. The number of fused-ring (bicyclic) bond motifs is 1. The number of benzene rings is 2. The molecule has 0 aliphatic heterocycles. The quantitative estimate of drug-likeness (QED) is 0.626. The number of rotatable bonds is 3. The van der Waals surface area contributed by atoms with E-state index in [1.165, 1.54) is 0 Å². The molecular formula is C16H11Cl2NO. The topological polar surface area (TPSA) is 22.1 Å². The van der Waals surface area contributed by atoms with Crippen molar-refractivity contribution in [1.29, 1.82) is 0 Å². The summed E-state index contributed by atoms with van der Waals surface area (Å²) >= 11 is 12.1. The predicted molar refractivity (Wildman–Crippen MR) is 82.5 cm³/mol. The summed E-state index contributed by atoms with van der Waals surface area (Å²) in [6.45, 7) is 0.358. The van der Waals surface area contributed by atoms with Crippen LogP contribution in [-0.4, -0.2) is 4.98 Å². The highest BCUT2D eigenvalue weighted by atomic mass is 35.5. The molecule has 0 aliphatic carbocycles. The first-order valence-corrected chi connectivity index (χ1v) is 6.90. The lowest BCUT2D eigenvalue weighted by atomic mass is 10.2. The molecule has 3 aromatic rings. The Morgan fingerprint density at radius 3 is 2.65 bits per heavy atom. The van der Waals surface area contributed by atoms with E-state index in [-0.39, 0.29) is 0 Å². The highest BCUT2D eigenvalue weighted by Crippen LogP contribution is 2.23.